The summed E-state index contributed by atoms with van der Waals surface area (Å²) in [5.74, 6) is 0.305. The van der Waals surface area contributed by atoms with Crippen LogP contribution >= 0.6 is 0 Å². The van der Waals surface area contributed by atoms with E-state index in [1.165, 1.54) is 15.7 Å². The van der Waals surface area contributed by atoms with Gasteiger partial charge in [-0.3, -0.25) is 9.11 Å². The van der Waals surface area contributed by atoms with Crippen molar-refractivity contribution < 1.29 is 36.2 Å². The second-order valence-electron chi connectivity index (χ2n) is 30.1. The molecule has 0 unspecified atom stereocenters. The number of aryl methyl sites for hydroxylation is 4. The number of nitrogens with zero attached hydrogens (tertiary/aromatic N) is 7. The molecule has 5 N–H and O–H groups in total. The first-order valence-electron chi connectivity index (χ1n) is 32.5. The topological polar surface area (TPSA) is 235 Å². The van der Waals surface area contributed by atoms with Gasteiger partial charge in [0.05, 0.1) is 16.3 Å². The van der Waals surface area contributed by atoms with Crippen LogP contribution in [0.25, 0.3) is 39.0 Å². The summed E-state index contributed by atoms with van der Waals surface area (Å²) in [4.78, 5) is 6.86. The average Bonchev–Trinajstić information content (AvgIpc) is 1.74. The first kappa shape index (κ1) is 69.0. The molecule has 502 valence electrons. The van der Waals surface area contributed by atoms with Crippen LogP contribution in [0.1, 0.15) is 172 Å². The Morgan fingerprint density at radius 3 is 1.40 bits per heavy atom. The molecule has 18 heteroatoms. The summed E-state index contributed by atoms with van der Waals surface area (Å²) < 4.78 is 72.2. The number of benzene rings is 8. The van der Waals surface area contributed by atoms with Crippen LogP contribution in [0, 0.1) is 41.5 Å². The zero-order valence-corrected chi connectivity index (χ0v) is 60.2. The number of allylic oxidation sites excluding steroid dienone is 5. The number of aromatic nitrogens is 6. The molecule has 0 bridgehead atoms. The van der Waals surface area contributed by atoms with Gasteiger partial charge in [-0.1, -0.05) is 150 Å². The van der Waals surface area contributed by atoms with Gasteiger partial charge in [0.1, 0.15) is 49.8 Å². The third kappa shape index (κ3) is 14.1. The molecule has 11 rings (SSSR count). The number of phenols is 2. The molecule has 1 aliphatic rings. The predicted octanol–water partition coefficient (Wildman–Crippen LogP) is 17.7. The molecule has 10 aromatic rings. The van der Waals surface area contributed by atoms with Gasteiger partial charge in [0.25, 0.3) is 20.2 Å². The molecule has 0 spiro atoms. The summed E-state index contributed by atoms with van der Waals surface area (Å²) in [6, 6.07) is 35.0. The van der Waals surface area contributed by atoms with E-state index in [4.69, 9.17) is 25.4 Å². The summed E-state index contributed by atoms with van der Waals surface area (Å²) in [6.45, 7) is 37.8. The third-order valence-electron chi connectivity index (χ3n) is 18.5. The fourth-order valence-corrected chi connectivity index (χ4v) is 14.2. The molecule has 0 fully saturated rings. The van der Waals surface area contributed by atoms with Crippen LogP contribution in [0.15, 0.2) is 160 Å². The van der Waals surface area contributed by atoms with E-state index < -0.39 is 30.0 Å². The van der Waals surface area contributed by atoms with E-state index in [0.717, 1.165) is 107 Å². The van der Waals surface area contributed by atoms with Crippen LogP contribution in [0.5, 0.6) is 11.5 Å². The Labute approximate surface area is 569 Å². The Bertz CT molecular complexity index is 5240. The second kappa shape index (κ2) is 25.0. The van der Waals surface area contributed by atoms with E-state index in [2.05, 4.69) is 159 Å². The van der Waals surface area contributed by atoms with Gasteiger partial charge in [-0.25, -0.2) is 4.99 Å². The second-order valence-corrected chi connectivity index (χ2v) is 32.9. The smallest absolute Gasteiger partial charge is 0.295 e. The number of fused-ring (bicyclic) bond motifs is 2. The molecule has 0 saturated carbocycles. The van der Waals surface area contributed by atoms with Crippen molar-refractivity contribution in [3.05, 3.63) is 234 Å². The summed E-state index contributed by atoms with van der Waals surface area (Å²) in [7, 11) is -9.97. The van der Waals surface area contributed by atoms with E-state index in [0.29, 0.717) is 68.7 Å². The number of aromatic hydroxyl groups is 2. The van der Waals surface area contributed by atoms with Gasteiger partial charge >= 0.3 is 0 Å². The Kier molecular flexibility index (Phi) is 17.8. The lowest BCUT2D eigenvalue weighted by molar-refractivity contribution is 0.437. The largest absolute Gasteiger partial charge is 0.505 e. The molecule has 0 atom stereocenters. The monoisotopic (exact) mass is 1340 g/mol. The molecule has 2 heterocycles. The highest BCUT2D eigenvalue weighted by atomic mass is 32.2. The molecule has 8 aromatic carbocycles. The normalized spacial score (nSPS) is 13.4. The van der Waals surface area contributed by atoms with Crippen LogP contribution in [-0.2, 0) is 54.7 Å². The van der Waals surface area contributed by atoms with E-state index in [1.807, 2.05) is 79.7 Å². The lowest BCUT2D eigenvalue weighted by atomic mass is 9.80. The van der Waals surface area contributed by atoms with Gasteiger partial charge in [-0.15, -0.1) is 30.0 Å². The Morgan fingerprint density at radius 2 is 0.948 bits per heavy atom. The van der Waals surface area contributed by atoms with Crippen LogP contribution in [0.4, 0.5) is 17.1 Å². The number of phenolic OH excluding ortho intramolecular Hbond substituents is 2. The average molecular weight is 1340 g/mol. The van der Waals surface area contributed by atoms with E-state index in [9.17, 15) is 36.2 Å². The van der Waals surface area contributed by atoms with Crippen LogP contribution in [0.3, 0.4) is 0 Å². The molecular weight excluding hydrogens is 1250 g/mol. The standard InChI is InChI=1S/C79H86N8O8S2/c1-44-33-46(3)72(48(5)60(44)35-50-19-31-64-66(37-50)84-86(82-64)68-41-54(76(7,8)9)39-62(74(68)88)78(13,14)15)80-56-25-21-52(22-26-56)71(59-30-29-58(96(90,91)92)43-70(59)97(93,94)95)53-23-27-57(28-24-53)81-73-47(4)34-45(2)61(49(73)6)36-51-20-32-65-67(38-51)85-87(83-65)69-42-55(77(10,11)12)40-63(75(69)89)79(16,17)18/h19-34,37-43,80,88-89H,35-36H2,1-18H3,(H,90,91,92)(H,93,94,95). The maximum absolute atomic E-state index is 13.3. The minimum atomic E-state index is -5.09. The Balaban J connectivity index is 0.894. The summed E-state index contributed by atoms with van der Waals surface area (Å²) >= 11 is 0. The molecule has 16 nitrogen and oxygen atoms in total. The minimum Gasteiger partial charge on any atom is -0.505 e. The number of anilines is 2. The highest BCUT2D eigenvalue weighted by Crippen LogP contribution is 2.43. The molecule has 0 aliphatic heterocycles. The molecule has 0 saturated heterocycles. The number of hydrogen-bond donors (Lipinski definition) is 5. The Hall–Kier alpha value is -9.33. The summed E-state index contributed by atoms with van der Waals surface area (Å²) in [5.41, 5.74) is 21.5. The number of hydrogen-bond acceptors (Lipinski definition) is 12. The van der Waals surface area contributed by atoms with Gasteiger partial charge in [0.15, 0.2) is 0 Å². The van der Waals surface area contributed by atoms with Crippen molar-refractivity contribution in [1.29, 1.82) is 0 Å². The van der Waals surface area contributed by atoms with Crippen molar-refractivity contribution in [2.45, 2.75) is 169 Å². The lowest BCUT2D eigenvalue weighted by Gasteiger charge is -2.27. The van der Waals surface area contributed by atoms with Crippen LogP contribution < -0.4 is 5.32 Å². The summed E-state index contributed by atoms with van der Waals surface area (Å²) in [6.07, 6.45) is 8.43. The molecule has 1 aliphatic carbocycles. The molecule has 2 aromatic heterocycles. The summed E-state index contributed by atoms with van der Waals surface area (Å²) in [5, 5.41) is 46.5. The van der Waals surface area contributed by atoms with E-state index in [-0.39, 0.29) is 38.7 Å². The minimum absolute atomic E-state index is 0.00313. The highest BCUT2D eigenvalue weighted by molar-refractivity contribution is 7.86. The van der Waals surface area contributed by atoms with Crippen LogP contribution in [-0.4, -0.2) is 71.9 Å². The van der Waals surface area contributed by atoms with Gasteiger partial charge in [0.2, 0.25) is 0 Å². The number of nitrogens with one attached hydrogen (secondary N) is 1. The fraction of sp³-hybridized carbons (Fsp3) is 0.304. The van der Waals surface area contributed by atoms with Gasteiger partial charge in [-0.2, -0.15) is 16.8 Å². The number of aliphatic imine (C=N–C) groups is 1. The van der Waals surface area contributed by atoms with Gasteiger partial charge in [-0.05, 0) is 232 Å². The number of rotatable bonds is 13. The maximum atomic E-state index is 13.3. The van der Waals surface area contributed by atoms with E-state index in [1.54, 1.807) is 12.2 Å². The zero-order chi connectivity index (χ0) is 70.6. The first-order valence-corrected chi connectivity index (χ1v) is 35.3. The van der Waals surface area contributed by atoms with Crippen molar-refractivity contribution in [2.75, 3.05) is 5.32 Å². The molecular formula is C79H86N8O8S2. The van der Waals surface area contributed by atoms with Crippen molar-refractivity contribution in [2.24, 2.45) is 4.99 Å². The molecule has 0 amide bonds. The third-order valence-corrected chi connectivity index (χ3v) is 20.2. The van der Waals surface area contributed by atoms with Crippen molar-refractivity contribution in [1.82, 2.24) is 30.0 Å². The quantitative estimate of drug-likeness (QED) is 0.0677. The predicted molar refractivity (Wildman–Crippen MR) is 390 cm³/mol. The van der Waals surface area contributed by atoms with Gasteiger partial charge in [0, 0.05) is 28.1 Å². The molecule has 0 radical (unpaired) electrons. The van der Waals surface area contributed by atoms with Crippen molar-refractivity contribution in [3.8, 4) is 22.9 Å². The SMILES string of the molecule is Cc1cc(C)c(N=C2C=CC(=C(c3ccc(Nc4c(C)cc(C)c(Cc5ccc6nn(-c7cc(C(C)(C)C)cc(C(C)(C)C)c7O)nc6c5)c4C)cc3)c3ccc(S(=O)(=O)O)cc3S(=O)(=O)O)C=C2)c(C)c1Cc1ccc2nn(-c3cc(C(C)(C)C)cc(C(C)(C)C)c3O)nc2c1. The zero-order valence-electron chi connectivity index (χ0n) is 58.6. The highest BCUT2D eigenvalue weighted by Gasteiger charge is 2.30. The Morgan fingerprint density at radius 1 is 0.485 bits per heavy atom. The van der Waals surface area contributed by atoms with Crippen molar-refractivity contribution in [3.63, 3.8) is 0 Å². The van der Waals surface area contributed by atoms with Gasteiger partial charge < -0.3 is 15.5 Å². The first-order chi connectivity index (χ1) is 45.1. The molecule has 97 heavy (non-hydrogen) atoms. The van der Waals surface area contributed by atoms with Crippen molar-refractivity contribution >= 4 is 70.7 Å². The van der Waals surface area contributed by atoms with E-state index >= 15 is 0 Å². The lowest BCUT2D eigenvalue weighted by Crippen LogP contribution is -2.18. The maximum Gasteiger partial charge on any atom is 0.295 e. The fourth-order valence-electron chi connectivity index (χ4n) is 12.9. The van der Waals surface area contributed by atoms with Crippen LogP contribution in [0.2, 0.25) is 0 Å².